The number of para-hydroxylation sites is 1. The summed E-state index contributed by atoms with van der Waals surface area (Å²) in [5.74, 6) is 0.0153. The molecule has 1 atom stereocenters. The number of carbonyl (C=O) groups excluding carboxylic acids is 1. The van der Waals surface area contributed by atoms with Crippen molar-refractivity contribution in [1.29, 1.82) is 0 Å². The van der Waals surface area contributed by atoms with Crippen LogP contribution < -0.4 is 5.73 Å². The van der Waals surface area contributed by atoms with Crippen LogP contribution in [0.1, 0.15) is 15.9 Å². The summed E-state index contributed by atoms with van der Waals surface area (Å²) in [5, 5.41) is 2.76. The number of thiazole rings is 1. The summed E-state index contributed by atoms with van der Waals surface area (Å²) in [6, 6.07) is 11.2. The number of fused-ring (bicyclic) bond motifs is 1. The second-order valence-corrected chi connectivity index (χ2v) is 6.31. The van der Waals surface area contributed by atoms with Crippen molar-refractivity contribution in [2.24, 2.45) is 5.73 Å². The number of carbonyl (C=O) groups is 1. The van der Waals surface area contributed by atoms with E-state index >= 15 is 0 Å². The number of Topliss-reactive ketones (excluding diaryl/α,β-unsaturated/α-hetero) is 1. The van der Waals surface area contributed by atoms with E-state index < -0.39 is 6.04 Å². The van der Waals surface area contributed by atoms with Crippen molar-refractivity contribution in [2.75, 3.05) is 0 Å². The Kier molecular flexibility index (Phi) is 3.42. The number of aromatic nitrogens is 1. The van der Waals surface area contributed by atoms with Gasteiger partial charge in [-0.25, -0.2) is 4.98 Å². The first-order chi connectivity index (χ1) is 9.24. The van der Waals surface area contributed by atoms with Crippen LogP contribution in [0.4, 0.5) is 0 Å². The van der Waals surface area contributed by atoms with Gasteiger partial charge >= 0.3 is 0 Å². The van der Waals surface area contributed by atoms with Gasteiger partial charge in [0.2, 0.25) is 0 Å². The quantitative estimate of drug-likeness (QED) is 0.802. The average molecular weight is 288 g/mol. The Morgan fingerprint density at radius 3 is 2.84 bits per heavy atom. The number of rotatable bonds is 4. The first-order valence-corrected chi connectivity index (χ1v) is 7.60. The van der Waals surface area contributed by atoms with Crippen molar-refractivity contribution in [3.63, 3.8) is 0 Å². The van der Waals surface area contributed by atoms with Gasteiger partial charge in [-0.15, -0.1) is 22.7 Å². The van der Waals surface area contributed by atoms with E-state index in [1.165, 1.54) is 11.3 Å². The highest BCUT2D eigenvalue weighted by atomic mass is 32.1. The summed E-state index contributed by atoms with van der Waals surface area (Å²) in [4.78, 5) is 17.5. The highest BCUT2D eigenvalue weighted by molar-refractivity contribution is 7.18. The number of benzene rings is 1. The molecule has 2 aromatic heterocycles. The van der Waals surface area contributed by atoms with Gasteiger partial charge in [0.15, 0.2) is 5.78 Å². The molecule has 0 aliphatic rings. The molecule has 0 radical (unpaired) electrons. The van der Waals surface area contributed by atoms with Crippen LogP contribution in [-0.4, -0.2) is 10.8 Å². The zero-order chi connectivity index (χ0) is 13.2. The van der Waals surface area contributed by atoms with E-state index in [2.05, 4.69) is 4.98 Å². The number of hydrogen-bond donors (Lipinski definition) is 1. The van der Waals surface area contributed by atoms with Gasteiger partial charge in [0.05, 0.1) is 22.7 Å². The fourth-order valence-corrected chi connectivity index (χ4v) is 3.61. The summed E-state index contributed by atoms with van der Waals surface area (Å²) in [7, 11) is 0. The van der Waals surface area contributed by atoms with Gasteiger partial charge in [-0.05, 0) is 23.6 Å². The van der Waals surface area contributed by atoms with Gasteiger partial charge in [0.1, 0.15) is 5.01 Å². The monoisotopic (exact) mass is 288 g/mol. The van der Waals surface area contributed by atoms with Crippen molar-refractivity contribution < 1.29 is 4.79 Å². The molecule has 1 aromatic carbocycles. The molecule has 0 bridgehead atoms. The third kappa shape index (κ3) is 2.58. The molecule has 3 rings (SSSR count). The van der Waals surface area contributed by atoms with E-state index in [4.69, 9.17) is 5.73 Å². The molecule has 0 spiro atoms. The summed E-state index contributed by atoms with van der Waals surface area (Å²) >= 11 is 3.07. The molecule has 2 N–H and O–H groups in total. The molecule has 0 amide bonds. The van der Waals surface area contributed by atoms with Gasteiger partial charge in [-0.1, -0.05) is 18.2 Å². The SMILES string of the molecule is NC(C(=O)Cc1nc2ccccc2s1)c1cccs1. The van der Waals surface area contributed by atoms with E-state index in [1.54, 1.807) is 11.3 Å². The lowest BCUT2D eigenvalue weighted by atomic mass is 10.1. The van der Waals surface area contributed by atoms with Crippen molar-refractivity contribution in [1.82, 2.24) is 4.98 Å². The molecule has 0 saturated heterocycles. The average Bonchev–Trinajstić information content (AvgIpc) is 3.06. The molecule has 5 heteroatoms. The third-order valence-electron chi connectivity index (χ3n) is 2.86. The molecule has 2 heterocycles. The molecule has 0 fully saturated rings. The second-order valence-electron chi connectivity index (χ2n) is 4.21. The van der Waals surface area contributed by atoms with Gasteiger partial charge in [-0.3, -0.25) is 4.79 Å². The number of hydrogen-bond acceptors (Lipinski definition) is 5. The van der Waals surface area contributed by atoms with Gasteiger partial charge in [-0.2, -0.15) is 0 Å². The zero-order valence-electron chi connectivity index (χ0n) is 10.1. The van der Waals surface area contributed by atoms with Gasteiger partial charge in [0.25, 0.3) is 0 Å². The lowest BCUT2D eigenvalue weighted by Crippen LogP contribution is -2.22. The summed E-state index contributed by atoms with van der Waals surface area (Å²) in [6.45, 7) is 0. The molecule has 19 heavy (non-hydrogen) atoms. The Bertz CT molecular complexity index is 670. The van der Waals surface area contributed by atoms with Crippen LogP contribution in [0.3, 0.4) is 0 Å². The molecule has 3 aromatic rings. The largest absolute Gasteiger partial charge is 0.317 e. The van der Waals surface area contributed by atoms with Gasteiger partial charge in [0, 0.05) is 4.88 Å². The normalized spacial score (nSPS) is 12.7. The van der Waals surface area contributed by atoms with Crippen LogP contribution in [0.2, 0.25) is 0 Å². The number of nitrogens with two attached hydrogens (primary N) is 1. The van der Waals surface area contributed by atoms with Crippen molar-refractivity contribution in [3.8, 4) is 0 Å². The van der Waals surface area contributed by atoms with Crippen LogP contribution in [0.15, 0.2) is 41.8 Å². The number of thiophene rings is 1. The fraction of sp³-hybridized carbons (Fsp3) is 0.143. The lowest BCUT2D eigenvalue weighted by molar-refractivity contribution is -0.119. The predicted molar refractivity (Wildman–Crippen MR) is 79.6 cm³/mol. The first-order valence-electron chi connectivity index (χ1n) is 5.90. The summed E-state index contributed by atoms with van der Waals surface area (Å²) < 4.78 is 1.11. The third-order valence-corrected chi connectivity index (χ3v) is 4.85. The number of nitrogens with zero attached hydrogens (tertiary/aromatic N) is 1. The van der Waals surface area contributed by atoms with Crippen LogP contribution in [0, 0.1) is 0 Å². The molecule has 0 aliphatic heterocycles. The standard InChI is InChI=1S/C14H12N2OS2/c15-14(12-6-3-7-18-12)10(17)8-13-16-9-4-1-2-5-11(9)19-13/h1-7,14H,8,15H2. The maximum Gasteiger partial charge on any atom is 0.161 e. The molecule has 96 valence electrons. The summed E-state index contributed by atoms with van der Waals surface area (Å²) in [5.41, 5.74) is 6.91. The fourth-order valence-electron chi connectivity index (χ4n) is 1.88. The Labute approximate surface area is 118 Å². The Morgan fingerprint density at radius 2 is 2.11 bits per heavy atom. The minimum absolute atomic E-state index is 0.0153. The molecule has 1 unspecified atom stereocenters. The summed E-state index contributed by atoms with van der Waals surface area (Å²) in [6.07, 6.45) is 0.304. The number of ketones is 1. The maximum absolute atomic E-state index is 12.1. The highest BCUT2D eigenvalue weighted by Gasteiger charge is 2.18. The van der Waals surface area contributed by atoms with Gasteiger partial charge < -0.3 is 5.73 Å². The minimum atomic E-state index is -0.535. The van der Waals surface area contributed by atoms with E-state index in [0.29, 0.717) is 6.42 Å². The van der Waals surface area contributed by atoms with Crippen LogP contribution in [-0.2, 0) is 11.2 Å². The molecule has 0 aliphatic carbocycles. The lowest BCUT2D eigenvalue weighted by Gasteiger charge is -2.06. The maximum atomic E-state index is 12.1. The van der Waals surface area contributed by atoms with E-state index in [-0.39, 0.29) is 5.78 Å². The Hall–Kier alpha value is -1.56. The second kappa shape index (κ2) is 5.21. The van der Waals surface area contributed by atoms with Crippen molar-refractivity contribution in [3.05, 3.63) is 51.7 Å². The van der Waals surface area contributed by atoms with Crippen molar-refractivity contribution in [2.45, 2.75) is 12.5 Å². The minimum Gasteiger partial charge on any atom is -0.317 e. The molecular formula is C14H12N2OS2. The van der Waals surface area contributed by atoms with Crippen LogP contribution >= 0.6 is 22.7 Å². The van der Waals surface area contributed by atoms with E-state index in [1.807, 2.05) is 41.8 Å². The van der Waals surface area contributed by atoms with Crippen LogP contribution in [0.5, 0.6) is 0 Å². The zero-order valence-corrected chi connectivity index (χ0v) is 11.7. The van der Waals surface area contributed by atoms with Crippen molar-refractivity contribution >= 4 is 38.7 Å². The predicted octanol–water partition coefficient (Wildman–Crippen LogP) is 3.17. The highest BCUT2D eigenvalue weighted by Crippen LogP contribution is 2.24. The molecular weight excluding hydrogens is 276 g/mol. The topological polar surface area (TPSA) is 56.0 Å². The Balaban J connectivity index is 1.79. The first kappa shape index (κ1) is 12.5. The van der Waals surface area contributed by atoms with E-state index in [9.17, 15) is 4.79 Å². The smallest absolute Gasteiger partial charge is 0.161 e. The van der Waals surface area contributed by atoms with Crippen LogP contribution in [0.25, 0.3) is 10.2 Å². The molecule has 3 nitrogen and oxygen atoms in total. The van der Waals surface area contributed by atoms with E-state index in [0.717, 1.165) is 20.1 Å². The molecule has 0 saturated carbocycles. The Morgan fingerprint density at radius 1 is 1.26 bits per heavy atom.